The van der Waals surface area contributed by atoms with Crippen molar-refractivity contribution < 1.29 is 17.9 Å². The Morgan fingerprint density at radius 3 is 2.70 bits per heavy atom. The summed E-state index contributed by atoms with van der Waals surface area (Å²) in [4.78, 5) is 1.85. The summed E-state index contributed by atoms with van der Waals surface area (Å²) in [5.41, 5.74) is 1.11. The van der Waals surface area contributed by atoms with Gasteiger partial charge in [0.05, 0.1) is 13.2 Å². The molecule has 2 aromatic rings. The van der Waals surface area contributed by atoms with Gasteiger partial charge in [0.25, 0.3) is 0 Å². The average molecular weight is 343 g/mol. The van der Waals surface area contributed by atoms with E-state index in [1.165, 1.54) is 0 Å². The zero-order chi connectivity index (χ0) is 16.3. The predicted octanol–water partition coefficient (Wildman–Crippen LogP) is 3.60. The minimum Gasteiger partial charge on any atom is -0.376 e. The molecule has 0 radical (unpaired) electrons. The molecule has 1 aliphatic rings. The van der Waals surface area contributed by atoms with Crippen molar-refractivity contribution in [3.05, 3.63) is 40.9 Å². The van der Waals surface area contributed by atoms with Crippen molar-refractivity contribution in [2.75, 3.05) is 24.6 Å². The van der Waals surface area contributed by atoms with Crippen LogP contribution in [0, 0.1) is 5.92 Å². The Bertz CT molecular complexity index is 632. The number of rotatable bonds is 5. The van der Waals surface area contributed by atoms with Gasteiger partial charge in [0.1, 0.15) is 0 Å². The average Bonchev–Trinajstić information content (AvgIpc) is 3.16. The van der Waals surface area contributed by atoms with Crippen LogP contribution in [-0.4, -0.2) is 29.9 Å². The first-order valence-corrected chi connectivity index (χ1v) is 8.11. The number of ether oxygens (including phenoxy) is 1. The number of hydrogen-bond acceptors (Lipinski definition) is 5. The van der Waals surface area contributed by atoms with Crippen LogP contribution < -0.4 is 4.90 Å². The Hall–Kier alpha value is -1.67. The normalized spacial score (nSPS) is 18.6. The van der Waals surface area contributed by atoms with Crippen molar-refractivity contribution in [1.82, 2.24) is 10.2 Å². The molecule has 0 aliphatic carbocycles. The highest BCUT2D eigenvalue weighted by Crippen LogP contribution is 2.35. The standard InChI is InChI=1S/C15H16F3N3OS/c16-15(17,18)13-19-20-14(23-13)21-7-6-12(8-21)10-22-9-11-4-2-1-3-5-11/h1-5,12H,6-10H2. The minimum absolute atomic E-state index is 0.303. The second-order valence-electron chi connectivity index (χ2n) is 5.49. The number of aromatic nitrogens is 2. The quantitative estimate of drug-likeness (QED) is 0.831. The lowest BCUT2D eigenvalue weighted by Gasteiger charge is -2.14. The van der Waals surface area contributed by atoms with Crippen molar-refractivity contribution in [1.29, 1.82) is 0 Å². The van der Waals surface area contributed by atoms with Crippen LogP contribution >= 0.6 is 11.3 Å². The molecule has 1 unspecified atom stereocenters. The fourth-order valence-corrected chi connectivity index (χ4v) is 3.26. The smallest absolute Gasteiger partial charge is 0.376 e. The van der Waals surface area contributed by atoms with Gasteiger partial charge in [-0.2, -0.15) is 13.2 Å². The highest BCUT2D eigenvalue weighted by molar-refractivity contribution is 7.15. The first-order valence-electron chi connectivity index (χ1n) is 7.29. The predicted molar refractivity (Wildman–Crippen MR) is 81.3 cm³/mol. The fourth-order valence-electron chi connectivity index (χ4n) is 2.52. The van der Waals surface area contributed by atoms with E-state index in [0.29, 0.717) is 48.7 Å². The molecule has 23 heavy (non-hydrogen) atoms. The van der Waals surface area contributed by atoms with Crippen LogP contribution in [0.15, 0.2) is 30.3 Å². The van der Waals surface area contributed by atoms with Crippen LogP contribution in [0.1, 0.15) is 17.0 Å². The minimum atomic E-state index is -4.42. The third-order valence-electron chi connectivity index (χ3n) is 3.68. The zero-order valence-corrected chi connectivity index (χ0v) is 13.1. The molecule has 1 atom stereocenters. The van der Waals surface area contributed by atoms with Crippen LogP contribution in [0.25, 0.3) is 0 Å². The Kier molecular flexibility index (Phi) is 4.82. The van der Waals surface area contributed by atoms with Gasteiger partial charge in [-0.05, 0) is 12.0 Å². The van der Waals surface area contributed by atoms with Crippen molar-refractivity contribution in [3.8, 4) is 0 Å². The molecule has 0 spiro atoms. The summed E-state index contributed by atoms with van der Waals surface area (Å²) < 4.78 is 43.4. The summed E-state index contributed by atoms with van der Waals surface area (Å²) in [6.45, 7) is 2.48. The van der Waals surface area contributed by atoms with Crippen LogP contribution in [0.5, 0.6) is 0 Å². The maximum absolute atomic E-state index is 12.6. The molecule has 1 aliphatic heterocycles. The van der Waals surface area contributed by atoms with Crippen molar-refractivity contribution >= 4 is 16.5 Å². The molecule has 1 aromatic carbocycles. The van der Waals surface area contributed by atoms with Crippen molar-refractivity contribution in [3.63, 3.8) is 0 Å². The highest BCUT2D eigenvalue weighted by atomic mass is 32.1. The Balaban J connectivity index is 1.48. The van der Waals surface area contributed by atoms with E-state index in [2.05, 4.69) is 10.2 Å². The van der Waals surface area contributed by atoms with Crippen LogP contribution in [0.2, 0.25) is 0 Å². The maximum atomic E-state index is 12.6. The second-order valence-corrected chi connectivity index (χ2v) is 6.44. The lowest BCUT2D eigenvalue weighted by Crippen LogP contribution is -2.21. The monoisotopic (exact) mass is 343 g/mol. The van der Waals surface area contributed by atoms with Crippen LogP contribution in [0.3, 0.4) is 0 Å². The van der Waals surface area contributed by atoms with Gasteiger partial charge in [-0.1, -0.05) is 41.7 Å². The molecule has 3 rings (SSSR count). The molecule has 1 fully saturated rings. The SMILES string of the molecule is FC(F)(F)c1nnc(N2CCC(COCc3ccccc3)C2)s1. The Labute approximate surface area is 135 Å². The van der Waals surface area contributed by atoms with Gasteiger partial charge < -0.3 is 9.64 Å². The third-order valence-corrected chi connectivity index (χ3v) is 4.71. The summed E-state index contributed by atoms with van der Waals surface area (Å²) in [7, 11) is 0. The van der Waals surface area contributed by atoms with E-state index in [9.17, 15) is 13.2 Å². The maximum Gasteiger partial charge on any atom is 0.445 e. The van der Waals surface area contributed by atoms with Gasteiger partial charge in [0.2, 0.25) is 10.1 Å². The third kappa shape index (κ3) is 4.20. The second kappa shape index (κ2) is 6.84. The molecular formula is C15H16F3N3OS. The molecule has 2 heterocycles. The molecule has 8 heteroatoms. The summed E-state index contributed by atoms with van der Waals surface area (Å²) in [5, 5.41) is 6.33. The molecule has 1 aromatic heterocycles. The molecule has 0 N–H and O–H groups in total. The Morgan fingerprint density at radius 1 is 1.22 bits per heavy atom. The molecule has 0 saturated carbocycles. The molecular weight excluding hydrogens is 327 g/mol. The number of benzene rings is 1. The van der Waals surface area contributed by atoms with Gasteiger partial charge in [0, 0.05) is 19.0 Å². The van der Waals surface area contributed by atoms with Crippen molar-refractivity contribution in [2.24, 2.45) is 5.92 Å². The van der Waals surface area contributed by atoms with E-state index in [-0.39, 0.29) is 0 Å². The lowest BCUT2D eigenvalue weighted by atomic mass is 10.1. The van der Waals surface area contributed by atoms with Crippen LogP contribution in [-0.2, 0) is 17.5 Å². The van der Waals surface area contributed by atoms with E-state index in [1.807, 2.05) is 35.2 Å². The molecule has 0 amide bonds. The van der Waals surface area contributed by atoms with Gasteiger partial charge in [0.15, 0.2) is 0 Å². The summed E-state index contributed by atoms with van der Waals surface area (Å²) in [5.74, 6) is 0.303. The number of halogens is 3. The topological polar surface area (TPSA) is 38.2 Å². The van der Waals surface area contributed by atoms with E-state index >= 15 is 0 Å². The number of hydrogen-bond donors (Lipinski definition) is 0. The van der Waals surface area contributed by atoms with E-state index in [4.69, 9.17) is 4.74 Å². The van der Waals surface area contributed by atoms with Crippen molar-refractivity contribution in [2.45, 2.75) is 19.2 Å². The molecule has 124 valence electrons. The summed E-state index contributed by atoms with van der Waals surface area (Å²) in [6, 6.07) is 9.88. The number of anilines is 1. The Morgan fingerprint density at radius 2 is 2.00 bits per heavy atom. The van der Waals surface area contributed by atoms with E-state index in [0.717, 1.165) is 12.0 Å². The number of alkyl halides is 3. The molecule has 4 nitrogen and oxygen atoms in total. The zero-order valence-electron chi connectivity index (χ0n) is 12.3. The highest BCUT2D eigenvalue weighted by Gasteiger charge is 2.37. The number of nitrogens with zero attached hydrogens (tertiary/aromatic N) is 3. The van der Waals surface area contributed by atoms with Gasteiger partial charge in [-0.15, -0.1) is 10.2 Å². The first kappa shape index (κ1) is 16.2. The lowest BCUT2D eigenvalue weighted by molar-refractivity contribution is -0.138. The van der Waals surface area contributed by atoms with E-state index < -0.39 is 11.2 Å². The summed E-state index contributed by atoms with van der Waals surface area (Å²) in [6.07, 6.45) is -3.54. The summed E-state index contributed by atoms with van der Waals surface area (Å²) >= 11 is 0.598. The van der Waals surface area contributed by atoms with E-state index in [1.54, 1.807) is 0 Å². The van der Waals surface area contributed by atoms with Gasteiger partial charge in [-0.25, -0.2) is 0 Å². The molecule has 1 saturated heterocycles. The molecule has 0 bridgehead atoms. The van der Waals surface area contributed by atoms with Crippen LogP contribution in [0.4, 0.5) is 18.3 Å². The fraction of sp³-hybridized carbons (Fsp3) is 0.467. The largest absolute Gasteiger partial charge is 0.445 e. The van der Waals surface area contributed by atoms with Gasteiger partial charge in [-0.3, -0.25) is 0 Å². The van der Waals surface area contributed by atoms with Gasteiger partial charge >= 0.3 is 6.18 Å². The first-order chi connectivity index (χ1) is 11.0.